The van der Waals surface area contributed by atoms with Crippen LogP contribution in [-0.4, -0.2) is 29.5 Å². The van der Waals surface area contributed by atoms with E-state index in [2.05, 4.69) is 31.6 Å². The van der Waals surface area contributed by atoms with Gasteiger partial charge in [-0.25, -0.2) is 23.4 Å². The number of alkyl halides is 2. The maximum Gasteiger partial charge on any atom is 0.280 e. The summed E-state index contributed by atoms with van der Waals surface area (Å²) in [5.41, 5.74) is 3.62. The van der Waals surface area contributed by atoms with E-state index in [1.807, 2.05) is 26.1 Å². The van der Waals surface area contributed by atoms with E-state index < -0.39 is 6.43 Å². The molecule has 162 valence electrons. The number of hydrogen-bond acceptors (Lipinski definition) is 6. The molecule has 4 aromatic rings. The third kappa shape index (κ3) is 3.92. The van der Waals surface area contributed by atoms with Crippen molar-refractivity contribution in [3.05, 3.63) is 65.2 Å². The molecule has 10 heteroatoms. The summed E-state index contributed by atoms with van der Waals surface area (Å²) in [5.74, 6) is 1.24. The monoisotopic (exact) mass is 434 g/mol. The first-order chi connectivity index (χ1) is 15.4. The average molecular weight is 434 g/mol. The van der Waals surface area contributed by atoms with Gasteiger partial charge >= 0.3 is 0 Å². The summed E-state index contributed by atoms with van der Waals surface area (Å²) in [4.78, 5) is 8.32. The Balaban J connectivity index is 1.70. The van der Waals surface area contributed by atoms with Crippen LogP contribution in [0.3, 0.4) is 0 Å². The van der Waals surface area contributed by atoms with Gasteiger partial charge in [-0.2, -0.15) is 15.5 Å². The lowest BCUT2D eigenvalue weighted by Crippen LogP contribution is -2.07. The van der Waals surface area contributed by atoms with Crippen molar-refractivity contribution in [3.63, 3.8) is 0 Å². The first-order valence-corrected chi connectivity index (χ1v) is 9.91. The minimum Gasteiger partial charge on any atom is -0.323 e. The van der Waals surface area contributed by atoms with Crippen LogP contribution < -0.4 is 5.32 Å². The van der Waals surface area contributed by atoms with Gasteiger partial charge in [0, 0.05) is 24.2 Å². The van der Waals surface area contributed by atoms with Crippen LogP contribution in [0, 0.1) is 18.3 Å². The van der Waals surface area contributed by atoms with Gasteiger partial charge in [-0.3, -0.25) is 4.68 Å². The van der Waals surface area contributed by atoms with Gasteiger partial charge < -0.3 is 5.32 Å². The van der Waals surface area contributed by atoms with Crippen molar-refractivity contribution in [1.29, 1.82) is 5.26 Å². The van der Waals surface area contributed by atoms with Gasteiger partial charge in [-0.15, -0.1) is 0 Å². The van der Waals surface area contributed by atoms with Crippen molar-refractivity contribution in [3.8, 4) is 23.1 Å². The number of nitriles is 1. The van der Waals surface area contributed by atoms with E-state index in [9.17, 15) is 8.78 Å². The van der Waals surface area contributed by atoms with E-state index in [1.54, 1.807) is 29.8 Å². The maximum atomic E-state index is 13.4. The molecule has 0 saturated carbocycles. The summed E-state index contributed by atoms with van der Waals surface area (Å²) in [5, 5.41) is 20.9. The first kappa shape index (κ1) is 21.1. The van der Waals surface area contributed by atoms with Crippen molar-refractivity contribution in [1.82, 2.24) is 29.5 Å². The molecule has 8 nitrogen and oxygen atoms in total. The minimum absolute atomic E-state index is 0.229. The second kappa shape index (κ2) is 8.55. The molecule has 1 N–H and O–H groups in total. The number of benzene rings is 1. The van der Waals surface area contributed by atoms with Crippen LogP contribution >= 0.6 is 0 Å². The van der Waals surface area contributed by atoms with Crippen molar-refractivity contribution >= 4 is 11.6 Å². The van der Waals surface area contributed by atoms with E-state index in [0.29, 0.717) is 29.3 Å². The molecule has 0 fully saturated rings. The first-order valence-electron chi connectivity index (χ1n) is 9.91. The van der Waals surface area contributed by atoms with Crippen molar-refractivity contribution in [2.75, 3.05) is 5.32 Å². The van der Waals surface area contributed by atoms with E-state index >= 15 is 0 Å². The van der Waals surface area contributed by atoms with Gasteiger partial charge in [-0.05, 0) is 31.5 Å². The van der Waals surface area contributed by atoms with Crippen LogP contribution in [0.25, 0.3) is 17.1 Å². The predicted molar refractivity (Wildman–Crippen MR) is 115 cm³/mol. The highest BCUT2D eigenvalue weighted by Crippen LogP contribution is 2.31. The number of halogens is 2. The Labute approximate surface area is 183 Å². The summed E-state index contributed by atoms with van der Waals surface area (Å²) in [6, 6.07) is 12.3. The van der Waals surface area contributed by atoms with Gasteiger partial charge in [0.2, 0.25) is 0 Å². The summed E-state index contributed by atoms with van der Waals surface area (Å²) >= 11 is 0. The topological polar surface area (TPSA) is 97.2 Å². The van der Waals surface area contributed by atoms with Crippen molar-refractivity contribution in [2.24, 2.45) is 7.05 Å². The molecule has 0 aliphatic rings. The third-order valence-corrected chi connectivity index (χ3v) is 4.99. The summed E-state index contributed by atoms with van der Waals surface area (Å²) in [7, 11) is 1.84. The van der Waals surface area contributed by atoms with Crippen LogP contribution in [0.1, 0.15) is 35.9 Å². The lowest BCUT2D eigenvalue weighted by atomic mass is 10.0. The molecule has 0 amide bonds. The number of hydrogen-bond donors (Lipinski definition) is 1. The van der Waals surface area contributed by atoms with Gasteiger partial charge in [-0.1, -0.05) is 19.1 Å². The Morgan fingerprint density at radius 2 is 1.88 bits per heavy atom. The zero-order valence-electron chi connectivity index (χ0n) is 17.7. The van der Waals surface area contributed by atoms with Crippen molar-refractivity contribution in [2.45, 2.75) is 26.7 Å². The summed E-state index contributed by atoms with van der Waals surface area (Å²) in [6.07, 6.45) is -0.697. The second-order valence-corrected chi connectivity index (χ2v) is 7.15. The number of rotatable bonds is 6. The Morgan fingerprint density at radius 3 is 2.53 bits per heavy atom. The molecule has 0 atom stereocenters. The Bertz CT molecular complexity index is 1300. The lowest BCUT2D eigenvalue weighted by molar-refractivity contribution is 0.142. The average Bonchev–Trinajstić information content (AvgIpc) is 3.33. The molecular weight excluding hydrogens is 414 g/mol. The largest absolute Gasteiger partial charge is 0.323 e. The third-order valence-electron chi connectivity index (χ3n) is 4.99. The van der Waals surface area contributed by atoms with E-state index in [1.165, 1.54) is 12.4 Å². The van der Waals surface area contributed by atoms with Gasteiger partial charge in [0.15, 0.2) is 11.6 Å². The molecule has 0 radical (unpaired) electrons. The van der Waals surface area contributed by atoms with E-state index in [-0.39, 0.29) is 11.5 Å². The number of nitrogens with zero attached hydrogens (tertiary/aromatic N) is 7. The molecule has 32 heavy (non-hydrogen) atoms. The molecule has 0 spiro atoms. The fourth-order valence-corrected chi connectivity index (χ4v) is 3.58. The smallest absolute Gasteiger partial charge is 0.280 e. The SMILES string of the molecule is CCc1c(Nc2cc(-n3nc(C)cc3C(F)F)ncn2)nn(C)c1-c1ccc(C#N)cc1. The summed E-state index contributed by atoms with van der Waals surface area (Å²) in [6.45, 7) is 3.66. The van der Waals surface area contributed by atoms with Gasteiger partial charge in [0.05, 0.1) is 23.0 Å². The number of aryl methyl sites for hydroxylation is 2. The number of anilines is 2. The van der Waals surface area contributed by atoms with E-state index in [0.717, 1.165) is 21.5 Å². The van der Waals surface area contributed by atoms with Crippen LogP contribution in [0.2, 0.25) is 0 Å². The molecule has 0 aliphatic carbocycles. The molecule has 3 heterocycles. The zero-order valence-corrected chi connectivity index (χ0v) is 17.7. The zero-order chi connectivity index (χ0) is 22.8. The minimum atomic E-state index is -2.68. The molecule has 0 saturated heterocycles. The molecule has 0 aliphatic heterocycles. The number of aromatic nitrogens is 6. The maximum absolute atomic E-state index is 13.4. The quantitative estimate of drug-likeness (QED) is 0.480. The Kier molecular flexibility index (Phi) is 5.64. The fraction of sp³-hybridized carbons (Fsp3) is 0.227. The predicted octanol–water partition coefficient (Wildman–Crippen LogP) is 4.49. The normalized spacial score (nSPS) is 11.0. The molecule has 0 unspecified atom stereocenters. The Hall–Kier alpha value is -4.13. The van der Waals surface area contributed by atoms with Crippen molar-refractivity contribution < 1.29 is 8.78 Å². The van der Waals surface area contributed by atoms with Crippen LogP contribution in [0.4, 0.5) is 20.4 Å². The molecular formula is C22H20F2N8. The van der Waals surface area contributed by atoms with Crippen LogP contribution in [0.15, 0.2) is 42.7 Å². The molecule has 1 aromatic carbocycles. The van der Waals surface area contributed by atoms with Crippen LogP contribution in [0.5, 0.6) is 0 Å². The molecule has 4 rings (SSSR count). The standard InChI is InChI=1S/C22H20F2N8/c1-4-16-20(15-7-5-14(11-25)6-8-15)31(3)30-22(16)28-18-10-19(27-12-26-18)32-17(21(23)24)9-13(2)29-32/h5-10,12,21H,4H2,1-3H3,(H,26,27,28,30). The fourth-order valence-electron chi connectivity index (χ4n) is 3.58. The van der Waals surface area contributed by atoms with Crippen LogP contribution in [-0.2, 0) is 13.5 Å². The Morgan fingerprint density at radius 1 is 1.12 bits per heavy atom. The van der Waals surface area contributed by atoms with Gasteiger partial charge in [0.25, 0.3) is 6.43 Å². The summed E-state index contributed by atoms with van der Waals surface area (Å²) < 4.78 is 29.6. The molecule has 0 bridgehead atoms. The van der Waals surface area contributed by atoms with Gasteiger partial charge in [0.1, 0.15) is 17.8 Å². The second-order valence-electron chi connectivity index (χ2n) is 7.15. The lowest BCUT2D eigenvalue weighted by Gasteiger charge is -2.09. The van der Waals surface area contributed by atoms with E-state index in [4.69, 9.17) is 5.26 Å². The highest BCUT2D eigenvalue weighted by atomic mass is 19.3. The highest BCUT2D eigenvalue weighted by molar-refractivity contribution is 5.72. The number of nitrogens with one attached hydrogen (secondary N) is 1. The highest BCUT2D eigenvalue weighted by Gasteiger charge is 2.19. The molecule has 3 aromatic heterocycles.